The third kappa shape index (κ3) is 2.36. The first-order valence-electron chi connectivity index (χ1n) is 5.07. The van der Waals surface area contributed by atoms with Crippen molar-refractivity contribution in [2.45, 2.75) is 17.7 Å². The summed E-state index contributed by atoms with van der Waals surface area (Å²) in [5.41, 5.74) is 0. The van der Waals surface area contributed by atoms with Crippen molar-refractivity contribution < 1.29 is 17.2 Å². The molecule has 0 aromatic heterocycles. The molecule has 3 nitrogen and oxygen atoms in total. The lowest BCUT2D eigenvalue weighted by atomic mass is 10.3. The summed E-state index contributed by atoms with van der Waals surface area (Å²) in [6, 6.07) is 1.55. The van der Waals surface area contributed by atoms with E-state index >= 15 is 0 Å². The van der Waals surface area contributed by atoms with Crippen LogP contribution in [0.4, 0.5) is 8.78 Å². The minimum absolute atomic E-state index is 0.0447. The topological polar surface area (TPSA) is 37.4 Å². The summed E-state index contributed by atoms with van der Waals surface area (Å²) < 4.78 is 51.6. The van der Waals surface area contributed by atoms with Crippen LogP contribution in [0.15, 0.2) is 21.5 Å². The van der Waals surface area contributed by atoms with Gasteiger partial charge in [0.15, 0.2) is 11.6 Å². The van der Waals surface area contributed by atoms with Crippen LogP contribution in [0.2, 0.25) is 0 Å². The Kier molecular flexibility index (Phi) is 3.51. The van der Waals surface area contributed by atoms with Crippen LogP contribution in [-0.2, 0) is 10.0 Å². The summed E-state index contributed by atoms with van der Waals surface area (Å²) in [4.78, 5) is -0.224. The van der Waals surface area contributed by atoms with Crippen LogP contribution in [0.3, 0.4) is 0 Å². The van der Waals surface area contributed by atoms with Gasteiger partial charge in [0.2, 0.25) is 10.0 Å². The van der Waals surface area contributed by atoms with Gasteiger partial charge in [-0.05, 0) is 40.9 Å². The number of hydrogen-bond acceptors (Lipinski definition) is 2. The van der Waals surface area contributed by atoms with Crippen LogP contribution in [0, 0.1) is 11.6 Å². The average molecular weight is 326 g/mol. The zero-order valence-corrected chi connectivity index (χ0v) is 11.2. The molecule has 0 amide bonds. The van der Waals surface area contributed by atoms with Crippen molar-refractivity contribution in [3.8, 4) is 0 Å². The van der Waals surface area contributed by atoms with Crippen molar-refractivity contribution in [2.24, 2.45) is 0 Å². The molecule has 0 N–H and O–H groups in total. The molecule has 0 radical (unpaired) electrons. The zero-order valence-electron chi connectivity index (χ0n) is 8.79. The molecule has 1 aromatic rings. The molecule has 0 saturated carbocycles. The van der Waals surface area contributed by atoms with Gasteiger partial charge in [-0.25, -0.2) is 17.2 Å². The van der Waals surface area contributed by atoms with Gasteiger partial charge in [-0.3, -0.25) is 0 Å². The van der Waals surface area contributed by atoms with Crippen molar-refractivity contribution in [3.63, 3.8) is 0 Å². The third-order valence-corrected chi connectivity index (χ3v) is 5.51. The van der Waals surface area contributed by atoms with E-state index in [1.54, 1.807) is 0 Å². The predicted molar refractivity (Wildman–Crippen MR) is 62.1 cm³/mol. The van der Waals surface area contributed by atoms with Crippen molar-refractivity contribution in [1.29, 1.82) is 0 Å². The summed E-state index contributed by atoms with van der Waals surface area (Å²) in [7, 11) is -3.73. The van der Waals surface area contributed by atoms with Crippen LogP contribution >= 0.6 is 15.9 Å². The highest BCUT2D eigenvalue weighted by atomic mass is 79.9. The summed E-state index contributed by atoms with van der Waals surface area (Å²) in [6.45, 7) is 0.849. The zero-order chi connectivity index (χ0) is 12.6. The predicted octanol–water partition coefficient (Wildman–Crippen LogP) is 2.51. The molecule has 1 fully saturated rings. The van der Waals surface area contributed by atoms with E-state index in [4.69, 9.17) is 0 Å². The summed E-state index contributed by atoms with van der Waals surface area (Å²) in [6.07, 6.45) is 1.58. The van der Waals surface area contributed by atoms with Gasteiger partial charge in [-0.15, -0.1) is 0 Å². The number of hydrogen-bond donors (Lipinski definition) is 0. The molecule has 0 bridgehead atoms. The van der Waals surface area contributed by atoms with E-state index in [0.717, 1.165) is 18.9 Å². The molecule has 1 aliphatic rings. The van der Waals surface area contributed by atoms with E-state index in [0.29, 0.717) is 19.2 Å². The number of rotatable bonds is 2. The van der Waals surface area contributed by atoms with Gasteiger partial charge in [0.05, 0.1) is 4.90 Å². The minimum Gasteiger partial charge on any atom is -0.207 e. The van der Waals surface area contributed by atoms with E-state index in [1.807, 2.05) is 0 Å². The van der Waals surface area contributed by atoms with Crippen molar-refractivity contribution in [1.82, 2.24) is 4.31 Å². The van der Waals surface area contributed by atoms with E-state index in [2.05, 4.69) is 15.9 Å². The molecule has 1 aliphatic heterocycles. The molecule has 17 heavy (non-hydrogen) atoms. The Morgan fingerprint density at radius 3 is 2.24 bits per heavy atom. The fourth-order valence-electron chi connectivity index (χ4n) is 1.77. The van der Waals surface area contributed by atoms with E-state index < -0.39 is 21.7 Å². The van der Waals surface area contributed by atoms with Crippen molar-refractivity contribution in [3.05, 3.63) is 28.2 Å². The summed E-state index contributed by atoms with van der Waals surface area (Å²) in [5, 5.41) is 0. The molecular weight excluding hydrogens is 316 g/mol. The Labute approximate surface area is 107 Å². The van der Waals surface area contributed by atoms with Crippen LogP contribution in [0.5, 0.6) is 0 Å². The van der Waals surface area contributed by atoms with Crippen molar-refractivity contribution >= 4 is 26.0 Å². The second-order valence-electron chi connectivity index (χ2n) is 3.81. The van der Waals surface area contributed by atoms with Gasteiger partial charge >= 0.3 is 0 Å². The number of sulfonamides is 1. The number of nitrogens with zero attached hydrogens (tertiary/aromatic N) is 1. The van der Waals surface area contributed by atoms with Crippen LogP contribution in [0.25, 0.3) is 0 Å². The maximum absolute atomic E-state index is 13.1. The van der Waals surface area contributed by atoms with E-state index in [1.165, 1.54) is 4.31 Å². The Morgan fingerprint density at radius 2 is 1.65 bits per heavy atom. The monoisotopic (exact) mass is 325 g/mol. The molecule has 1 aromatic carbocycles. The normalized spacial score (nSPS) is 17.6. The minimum atomic E-state index is -3.73. The Bertz CT molecular complexity index is 541. The van der Waals surface area contributed by atoms with Gasteiger partial charge in [0, 0.05) is 17.6 Å². The SMILES string of the molecule is O=S(=O)(c1cc(F)c(F)cc1Br)N1CCCC1. The first-order chi connectivity index (χ1) is 7.93. The lowest BCUT2D eigenvalue weighted by Gasteiger charge is -2.16. The van der Waals surface area contributed by atoms with Gasteiger partial charge in [-0.1, -0.05) is 0 Å². The maximum atomic E-state index is 13.1. The summed E-state index contributed by atoms with van der Waals surface area (Å²) in [5.74, 6) is -2.23. The molecular formula is C10H10BrF2NO2S. The number of benzene rings is 1. The summed E-state index contributed by atoms with van der Waals surface area (Å²) >= 11 is 2.95. The molecule has 0 unspecified atom stereocenters. The lowest BCUT2D eigenvalue weighted by molar-refractivity contribution is 0.472. The van der Waals surface area contributed by atoms with Gasteiger partial charge in [-0.2, -0.15) is 4.31 Å². The largest absolute Gasteiger partial charge is 0.244 e. The second-order valence-corrected chi connectivity index (χ2v) is 6.57. The fourth-order valence-corrected chi connectivity index (χ4v) is 4.27. The second kappa shape index (κ2) is 4.62. The molecule has 0 atom stereocenters. The highest BCUT2D eigenvalue weighted by molar-refractivity contribution is 9.10. The Hall–Kier alpha value is -0.530. The fraction of sp³-hybridized carbons (Fsp3) is 0.400. The number of halogens is 3. The molecule has 2 rings (SSSR count). The van der Waals surface area contributed by atoms with E-state index in [-0.39, 0.29) is 9.37 Å². The van der Waals surface area contributed by atoms with Crippen LogP contribution in [0.1, 0.15) is 12.8 Å². The molecule has 94 valence electrons. The average Bonchev–Trinajstić information content (AvgIpc) is 2.77. The van der Waals surface area contributed by atoms with E-state index in [9.17, 15) is 17.2 Å². The van der Waals surface area contributed by atoms with Crippen LogP contribution in [-0.4, -0.2) is 25.8 Å². The van der Waals surface area contributed by atoms with Crippen molar-refractivity contribution in [2.75, 3.05) is 13.1 Å². The quantitative estimate of drug-likeness (QED) is 0.783. The van der Waals surface area contributed by atoms with Gasteiger partial charge < -0.3 is 0 Å². The van der Waals surface area contributed by atoms with Crippen LogP contribution < -0.4 is 0 Å². The Balaban J connectivity index is 2.49. The highest BCUT2D eigenvalue weighted by Gasteiger charge is 2.29. The van der Waals surface area contributed by atoms with Gasteiger partial charge in [0.1, 0.15) is 0 Å². The van der Waals surface area contributed by atoms with Gasteiger partial charge in [0.25, 0.3) is 0 Å². The first kappa shape index (κ1) is 12.9. The smallest absolute Gasteiger partial charge is 0.207 e. The highest BCUT2D eigenvalue weighted by Crippen LogP contribution is 2.29. The molecule has 0 spiro atoms. The lowest BCUT2D eigenvalue weighted by Crippen LogP contribution is -2.28. The Morgan fingerprint density at radius 1 is 1.12 bits per heavy atom. The molecule has 0 aliphatic carbocycles. The maximum Gasteiger partial charge on any atom is 0.244 e. The third-order valence-electron chi connectivity index (χ3n) is 2.66. The molecule has 7 heteroatoms. The molecule has 1 heterocycles. The standard InChI is InChI=1S/C10H10BrF2NO2S/c11-7-5-8(12)9(13)6-10(7)17(15,16)14-3-1-2-4-14/h5-6H,1-4H2. The molecule has 1 saturated heterocycles. The first-order valence-corrected chi connectivity index (χ1v) is 7.31.